The molecule has 1 N–H and O–H groups in total. The van der Waals surface area contributed by atoms with Crippen LogP contribution in [0.2, 0.25) is 0 Å². The Labute approximate surface area is 174 Å². The minimum atomic E-state index is -0.101. The number of hydrogen-bond donors (Lipinski definition) is 1. The maximum atomic E-state index is 10.1. The molecule has 0 bridgehead atoms. The smallest absolute Gasteiger partial charge is 0.0839 e. The van der Waals surface area contributed by atoms with Crippen LogP contribution in [0.25, 0.3) is 0 Å². The number of rotatable bonds is 7. The zero-order chi connectivity index (χ0) is 19.9. The van der Waals surface area contributed by atoms with Gasteiger partial charge in [0.15, 0.2) is 0 Å². The van der Waals surface area contributed by atoms with Crippen LogP contribution >= 0.6 is 0 Å². The van der Waals surface area contributed by atoms with Gasteiger partial charge in [0.05, 0.1) is 19.3 Å². The molecule has 29 heavy (non-hydrogen) atoms. The zero-order valence-electron chi connectivity index (χ0n) is 16.9. The van der Waals surface area contributed by atoms with Crippen LogP contribution in [0.3, 0.4) is 0 Å². The molecular formula is C27H30O2. The molecular weight excluding hydrogens is 356 g/mol. The Hall–Kier alpha value is -2.42. The van der Waals surface area contributed by atoms with E-state index in [2.05, 4.69) is 91.0 Å². The first-order chi connectivity index (χ1) is 14.3. The monoisotopic (exact) mass is 386 g/mol. The summed E-state index contributed by atoms with van der Waals surface area (Å²) in [5, 5.41) is 10.1. The number of aliphatic hydroxyl groups is 1. The number of aliphatic hydroxyl groups excluding tert-OH is 1. The van der Waals surface area contributed by atoms with Gasteiger partial charge in [0.1, 0.15) is 0 Å². The Morgan fingerprint density at radius 1 is 0.621 bits per heavy atom. The van der Waals surface area contributed by atoms with E-state index in [1.807, 2.05) is 0 Å². The highest BCUT2D eigenvalue weighted by atomic mass is 16.5. The molecule has 1 heterocycles. The van der Waals surface area contributed by atoms with E-state index in [1.54, 1.807) is 0 Å². The van der Waals surface area contributed by atoms with E-state index < -0.39 is 0 Å². The number of ether oxygens (including phenoxy) is 1. The lowest BCUT2D eigenvalue weighted by atomic mass is 9.69. The largest absolute Gasteiger partial charge is 0.394 e. The van der Waals surface area contributed by atoms with Gasteiger partial charge in [-0.3, -0.25) is 0 Å². The summed E-state index contributed by atoms with van der Waals surface area (Å²) in [5.41, 5.74) is 4.05. The summed E-state index contributed by atoms with van der Waals surface area (Å²) in [6, 6.07) is 32.1. The third kappa shape index (κ3) is 5.14. The Balaban J connectivity index is 1.63. The van der Waals surface area contributed by atoms with Crippen molar-refractivity contribution in [3.8, 4) is 0 Å². The van der Waals surface area contributed by atoms with E-state index in [4.69, 9.17) is 4.74 Å². The third-order valence-electron chi connectivity index (χ3n) is 6.31. The molecule has 1 saturated heterocycles. The normalized spacial score (nSPS) is 24.3. The summed E-state index contributed by atoms with van der Waals surface area (Å²) in [6.07, 6.45) is 2.88. The molecule has 0 radical (unpaired) electrons. The van der Waals surface area contributed by atoms with E-state index >= 15 is 0 Å². The number of hydrogen-bond acceptors (Lipinski definition) is 2. The summed E-state index contributed by atoms with van der Waals surface area (Å²) in [5.74, 6) is 1.20. The second-order valence-corrected chi connectivity index (χ2v) is 8.21. The Morgan fingerprint density at radius 2 is 1.07 bits per heavy atom. The van der Waals surface area contributed by atoms with E-state index in [9.17, 15) is 5.11 Å². The van der Waals surface area contributed by atoms with Crippen molar-refractivity contribution in [3.63, 3.8) is 0 Å². The van der Waals surface area contributed by atoms with Crippen molar-refractivity contribution in [2.24, 2.45) is 17.8 Å². The van der Waals surface area contributed by atoms with Gasteiger partial charge in [0.2, 0.25) is 0 Å². The van der Waals surface area contributed by atoms with Crippen molar-refractivity contribution in [2.75, 3.05) is 13.2 Å². The van der Waals surface area contributed by atoms with Crippen molar-refractivity contribution < 1.29 is 9.84 Å². The zero-order valence-corrected chi connectivity index (χ0v) is 16.9. The highest BCUT2D eigenvalue weighted by Gasteiger charge is 2.39. The highest BCUT2D eigenvalue weighted by Crippen LogP contribution is 2.38. The summed E-state index contributed by atoms with van der Waals surface area (Å²) in [7, 11) is 0. The minimum Gasteiger partial charge on any atom is -0.394 e. The Morgan fingerprint density at radius 3 is 1.55 bits per heavy atom. The van der Waals surface area contributed by atoms with Gasteiger partial charge < -0.3 is 9.84 Å². The van der Waals surface area contributed by atoms with Crippen molar-refractivity contribution >= 4 is 0 Å². The number of benzene rings is 3. The van der Waals surface area contributed by atoms with Crippen molar-refractivity contribution in [1.82, 2.24) is 0 Å². The Bertz CT molecular complexity index is 847. The molecule has 1 fully saturated rings. The molecule has 2 heteroatoms. The third-order valence-corrected chi connectivity index (χ3v) is 6.31. The van der Waals surface area contributed by atoms with E-state index in [-0.39, 0.29) is 12.7 Å². The topological polar surface area (TPSA) is 29.5 Å². The van der Waals surface area contributed by atoms with Gasteiger partial charge in [-0.15, -0.1) is 0 Å². The molecule has 0 aromatic heterocycles. The van der Waals surface area contributed by atoms with Gasteiger partial charge in [-0.25, -0.2) is 0 Å². The molecule has 2 nitrogen and oxygen atoms in total. The fraction of sp³-hybridized carbons (Fsp3) is 0.333. The van der Waals surface area contributed by atoms with Crippen LogP contribution in [0.1, 0.15) is 16.7 Å². The quantitative estimate of drug-likeness (QED) is 0.622. The average Bonchev–Trinajstić information content (AvgIpc) is 2.78. The van der Waals surface area contributed by atoms with Crippen LogP contribution in [0.15, 0.2) is 91.0 Å². The van der Waals surface area contributed by atoms with E-state index in [1.165, 1.54) is 16.7 Å². The lowest BCUT2D eigenvalue weighted by molar-refractivity contribution is -0.110. The van der Waals surface area contributed by atoms with Crippen LogP contribution in [0.5, 0.6) is 0 Å². The summed E-state index contributed by atoms with van der Waals surface area (Å²) < 4.78 is 6.21. The van der Waals surface area contributed by atoms with Crippen molar-refractivity contribution in [3.05, 3.63) is 108 Å². The van der Waals surface area contributed by atoms with E-state index in [0.717, 1.165) is 19.3 Å². The highest BCUT2D eigenvalue weighted by molar-refractivity contribution is 5.20. The molecule has 0 aliphatic carbocycles. The molecule has 0 saturated carbocycles. The molecule has 1 unspecified atom stereocenters. The van der Waals surface area contributed by atoms with Crippen LogP contribution in [0.4, 0.5) is 0 Å². The van der Waals surface area contributed by atoms with Crippen LogP contribution < -0.4 is 0 Å². The first-order valence-corrected chi connectivity index (χ1v) is 10.7. The molecule has 4 rings (SSSR count). The van der Waals surface area contributed by atoms with Gasteiger partial charge in [0, 0.05) is 0 Å². The molecule has 3 aromatic rings. The predicted octanol–water partition coefficient (Wildman–Crippen LogP) is 4.95. The molecule has 3 aromatic carbocycles. The van der Waals surface area contributed by atoms with Gasteiger partial charge in [0.25, 0.3) is 0 Å². The van der Waals surface area contributed by atoms with Crippen LogP contribution in [-0.4, -0.2) is 24.4 Å². The van der Waals surface area contributed by atoms with Gasteiger partial charge in [-0.1, -0.05) is 91.0 Å². The van der Waals surface area contributed by atoms with Gasteiger partial charge >= 0.3 is 0 Å². The SMILES string of the molecule is OC[C@H]1OCC(Cc2ccccc2)[C@@H](Cc2ccccc2)[C@@H]1Cc1ccccc1. The molecule has 0 spiro atoms. The van der Waals surface area contributed by atoms with Crippen molar-refractivity contribution in [2.45, 2.75) is 25.4 Å². The Kier molecular flexibility index (Phi) is 6.76. The first-order valence-electron chi connectivity index (χ1n) is 10.7. The maximum absolute atomic E-state index is 10.1. The van der Waals surface area contributed by atoms with Crippen molar-refractivity contribution in [1.29, 1.82) is 0 Å². The second kappa shape index (κ2) is 9.87. The molecule has 4 atom stereocenters. The first kappa shape index (κ1) is 19.9. The fourth-order valence-corrected chi connectivity index (χ4v) is 4.81. The van der Waals surface area contributed by atoms with Gasteiger partial charge in [-0.05, 0) is 53.7 Å². The summed E-state index contributed by atoms with van der Waals surface area (Å²) in [4.78, 5) is 0. The molecule has 0 amide bonds. The molecule has 1 aliphatic heterocycles. The standard InChI is InChI=1S/C27H30O2/c28-19-27-26(18-23-14-8-3-9-15-23)25(17-22-12-6-2-7-13-22)24(20-29-27)16-21-10-4-1-5-11-21/h1-15,24-28H,16-20H2/t24?,25-,26+,27-/m1/s1. The summed E-state index contributed by atoms with van der Waals surface area (Å²) >= 11 is 0. The minimum absolute atomic E-state index is 0.0842. The van der Waals surface area contributed by atoms with Crippen LogP contribution in [0, 0.1) is 17.8 Å². The van der Waals surface area contributed by atoms with Gasteiger partial charge in [-0.2, -0.15) is 0 Å². The average molecular weight is 387 g/mol. The van der Waals surface area contributed by atoms with Crippen LogP contribution in [-0.2, 0) is 24.0 Å². The molecule has 150 valence electrons. The second-order valence-electron chi connectivity index (χ2n) is 8.21. The summed E-state index contributed by atoms with van der Waals surface area (Å²) in [6.45, 7) is 0.795. The fourth-order valence-electron chi connectivity index (χ4n) is 4.81. The lowest BCUT2D eigenvalue weighted by Crippen LogP contribution is -2.46. The predicted molar refractivity (Wildman–Crippen MR) is 118 cm³/mol. The lowest BCUT2D eigenvalue weighted by Gasteiger charge is -2.43. The van der Waals surface area contributed by atoms with E-state index in [0.29, 0.717) is 24.4 Å². The maximum Gasteiger partial charge on any atom is 0.0839 e. The molecule has 1 aliphatic rings.